The van der Waals surface area contributed by atoms with E-state index in [0.29, 0.717) is 5.92 Å². The summed E-state index contributed by atoms with van der Waals surface area (Å²) in [5, 5.41) is 1.19. The first-order chi connectivity index (χ1) is 12.2. The second-order valence-electron chi connectivity index (χ2n) is 7.19. The highest BCUT2D eigenvalue weighted by Crippen LogP contribution is 2.48. The molecule has 134 valence electrons. The number of ether oxygens (including phenoxy) is 2. The van der Waals surface area contributed by atoms with Crippen molar-refractivity contribution in [2.75, 3.05) is 46.6 Å². The van der Waals surface area contributed by atoms with Crippen LogP contribution in [0.2, 0.25) is 0 Å². The number of fused-ring (bicyclic) bond motifs is 4. The molecule has 0 aliphatic carbocycles. The number of thioether (sulfide) groups is 1. The zero-order valence-corrected chi connectivity index (χ0v) is 15.6. The van der Waals surface area contributed by atoms with E-state index < -0.39 is 0 Å². The topological polar surface area (TPSA) is 49.7 Å². The fourth-order valence-corrected chi connectivity index (χ4v) is 5.57. The second-order valence-corrected chi connectivity index (χ2v) is 8.25. The molecule has 6 nitrogen and oxygen atoms in total. The monoisotopic (exact) mass is 360 g/mol. The van der Waals surface area contributed by atoms with Crippen LogP contribution in [-0.2, 0) is 9.47 Å². The maximum absolute atomic E-state index is 5.86. The maximum Gasteiger partial charge on any atom is 0.112 e. The van der Waals surface area contributed by atoms with Crippen LogP contribution in [0, 0.1) is 5.92 Å². The lowest BCUT2D eigenvalue weighted by Gasteiger charge is -2.42. The molecule has 0 aromatic carbocycles. The van der Waals surface area contributed by atoms with Gasteiger partial charge in [-0.2, -0.15) is 0 Å². The van der Waals surface area contributed by atoms with E-state index >= 15 is 0 Å². The van der Waals surface area contributed by atoms with E-state index in [0.717, 1.165) is 51.8 Å². The van der Waals surface area contributed by atoms with Crippen molar-refractivity contribution in [2.45, 2.75) is 25.6 Å². The molecule has 5 aliphatic rings. The highest BCUT2D eigenvalue weighted by molar-refractivity contribution is 8.18. The molecule has 3 atom stereocenters. The van der Waals surface area contributed by atoms with E-state index in [4.69, 9.17) is 19.5 Å². The van der Waals surface area contributed by atoms with Crippen LogP contribution in [-0.4, -0.2) is 79.5 Å². The zero-order chi connectivity index (χ0) is 17.0. The van der Waals surface area contributed by atoms with Gasteiger partial charge in [0.1, 0.15) is 23.1 Å². The molecule has 0 saturated carbocycles. The van der Waals surface area contributed by atoms with E-state index in [1.54, 1.807) is 0 Å². The standard InChI is InChI=1S/C18H24N4O2S/c1-11-19-16-14(9-21(11)2)25-18-15(16)12-3-6-24-10-13(12)17(20-18)22-4-7-23-8-5-22/h9,13,16-17H,3-8,10H2,1-2H3. The minimum Gasteiger partial charge on any atom is -0.380 e. The lowest BCUT2D eigenvalue weighted by Crippen LogP contribution is -2.50. The molecule has 5 heterocycles. The van der Waals surface area contributed by atoms with Gasteiger partial charge in [0.25, 0.3) is 0 Å². The quantitative estimate of drug-likeness (QED) is 0.713. The number of amidine groups is 1. The Balaban J connectivity index is 1.56. The average molecular weight is 360 g/mol. The smallest absolute Gasteiger partial charge is 0.112 e. The summed E-state index contributed by atoms with van der Waals surface area (Å²) >= 11 is 1.81. The van der Waals surface area contributed by atoms with Crippen LogP contribution in [0.5, 0.6) is 0 Å². The molecule has 5 rings (SSSR count). The molecule has 0 aromatic heterocycles. The van der Waals surface area contributed by atoms with Gasteiger partial charge in [-0.05, 0) is 13.3 Å². The van der Waals surface area contributed by atoms with Gasteiger partial charge in [-0.1, -0.05) is 17.3 Å². The van der Waals surface area contributed by atoms with Crippen molar-refractivity contribution >= 4 is 22.6 Å². The minimum atomic E-state index is 0.154. The first-order valence-electron chi connectivity index (χ1n) is 9.10. The summed E-state index contributed by atoms with van der Waals surface area (Å²) < 4.78 is 11.4. The van der Waals surface area contributed by atoms with Crippen LogP contribution >= 0.6 is 11.8 Å². The predicted molar refractivity (Wildman–Crippen MR) is 99.9 cm³/mol. The lowest BCUT2D eigenvalue weighted by atomic mass is 9.83. The summed E-state index contributed by atoms with van der Waals surface area (Å²) in [5.74, 6) is 1.43. The normalized spacial score (nSPS) is 35.5. The Morgan fingerprint density at radius 3 is 2.84 bits per heavy atom. The van der Waals surface area contributed by atoms with Gasteiger partial charge in [-0.25, -0.2) is 0 Å². The number of rotatable bonds is 1. The van der Waals surface area contributed by atoms with Crippen LogP contribution in [0.3, 0.4) is 0 Å². The van der Waals surface area contributed by atoms with Gasteiger partial charge in [0.2, 0.25) is 0 Å². The summed E-state index contributed by atoms with van der Waals surface area (Å²) in [6.45, 7) is 7.19. The fourth-order valence-electron chi connectivity index (χ4n) is 4.34. The molecule has 3 saturated heterocycles. The third kappa shape index (κ3) is 2.60. The first-order valence-corrected chi connectivity index (χ1v) is 9.91. The van der Waals surface area contributed by atoms with Gasteiger partial charge in [0, 0.05) is 42.7 Å². The SMILES string of the molecule is CC1=NC2C(=CN1C)SC1=NC(N3CCOCC3)C3COCCC3=C12. The highest BCUT2D eigenvalue weighted by atomic mass is 32.2. The number of nitrogens with zero attached hydrogens (tertiary/aromatic N) is 4. The number of morpholine rings is 1. The van der Waals surface area contributed by atoms with E-state index in [-0.39, 0.29) is 12.2 Å². The zero-order valence-electron chi connectivity index (χ0n) is 14.8. The highest BCUT2D eigenvalue weighted by Gasteiger charge is 2.45. The molecule has 7 heteroatoms. The molecule has 3 fully saturated rings. The van der Waals surface area contributed by atoms with E-state index in [9.17, 15) is 0 Å². The molecule has 25 heavy (non-hydrogen) atoms. The average Bonchev–Trinajstić information content (AvgIpc) is 2.99. The Labute approximate surface area is 152 Å². The Bertz CT molecular complexity index is 708. The number of dihydropyridines is 1. The number of hydrogen-bond donors (Lipinski definition) is 0. The Morgan fingerprint density at radius 2 is 2.00 bits per heavy atom. The van der Waals surface area contributed by atoms with Gasteiger partial charge in [0.05, 0.1) is 26.4 Å². The Kier molecular flexibility index (Phi) is 4.00. The summed E-state index contributed by atoms with van der Waals surface area (Å²) in [7, 11) is 2.07. The largest absolute Gasteiger partial charge is 0.380 e. The molecule has 0 radical (unpaired) electrons. The predicted octanol–water partition coefficient (Wildman–Crippen LogP) is 1.71. The first kappa shape index (κ1) is 16.1. The van der Waals surface area contributed by atoms with Crippen LogP contribution in [0.4, 0.5) is 0 Å². The lowest BCUT2D eigenvalue weighted by molar-refractivity contribution is -0.0142. The molecule has 0 aromatic rings. The molecule has 3 unspecified atom stereocenters. The molecule has 0 amide bonds. The van der Waals surface area contributed by atoms with Gasteiger partial charge in [0.15, 0.2) is 0 Å². The van der Waals surface area contributed by atoms with Gasteiger partial charge in [-0.3, -0.25) is 14.9 Å². The van der Waals surface area contributed by atoms with Gasteiger partial charge >= 0.3 is 0 Å². The molecule has 0 spiro atoms. The van der Waals surface area contributed by atoms with Crippen molar-refractivity contribution in [2.24, 2.45) is 15.9 Å². The van der Waals surface area contributed by atoms with Gasteiger partial charge in [-0.15, -0.1) is 0 Å². The third-order valence-electron chi connectivity index (χ3n) is 5.77. The second kappa shape index (κ2) is 6.23. The molecule has 0 N–H and O–H groups in total. The van der Waals surface area contributed by atoms with Crippen molar-refractivity contribution < 1.29 is 9.47 Å². The maximum atomic E-state index is 5.86. The van der Waals surface area contributed by atoms with Crippen LogP contribution in [0.15, 0.2) is 32.2 Å². The van der Waals surface area contributed by atoms with Crippen molar-refractivity contribution in [3.63, 3.8) is 0 Å². The van der Waals surface area contributed by atoms with Crippen LogP contribution in [0.1, 0.15) is 13.3 Å². The summed E-state index contributed by atoms with van der Waals surface area (Å²) in [6.07, 6.45) is 3.42. The van der Waals surface area contributed by atoms with E-state index in [2.05, 4.69) is 30.0 Å². The van der Waals surface area contributed by atoms with Crippen LogP contribution in [0.25, 0.3) is 0 Å². The van der Waals surface area contributed by atoms with Crippen molar-refractivity contribution in [3.05, 3.63) is 22.3 Å². The number of aliphatic imine (C=N–C) groups is 2. The molecular formula is C18H24N4O2S. The molecule has 0 bridgehead atoms. The van der Waals surface area contributed by atoms with E-state index in [1.807, 2.05) is 11.8 Å². The van der Waals surface area contributed by atoms with Crippen molar-refractivity contribution in [3.8, 4) is 0 Å². The molecular weight excluding hydrogens is 336 g/mol. The van der Waals surface area contributed by atoms with Crippen LogP contribution < -0.4 is 0 Å². The van der Waals surface area contributed by atoms with Gasteiger partial charge < -0.3 is 14.4 Å². The number of hydrogen-bond acceptors (Lipinski definition) is 7. The fraction of sp³-hybridized carbons (Fsp3) is 0.667. The minimum absolute atomic E-state index is 0.154. The van der Waals surface area contributed by atoms with E-state index in [1.165, 1.54) is 21.1 Å². The van der Waals surface area contributed by atoms with Crippen molar-refractivity contribution in [1.29, 1.82) is 0 Å². The Hall–Kier alpha value is -1.15. The summed E-state index contributed by atoms with van der Waals surface area (Å²) in [5.41, 5.74) is 2.91. The summed E-state index contributed by atoms with van der Waals surface area (Å²) in [4.78, 5) is 16.1. The third-order valence-corrected chi connectivity index (χ3v) is 6.85. The molecule has 5 aliphatic heterocycles. The van der Waals surface area contributed by atoms with Crippen molar-refractivity contribution in [1.82, 2.24) is 9.80 Å². The Morgan fingerprint density at radius 1 is 1.16 bits per heavy atom. The summed E-state index contributed by atoms with van der Waals surface area (Å²) in [6, 6.07) is 0.154.